The highest BCUT2D eigenvalue weighted by Crippen LogP contribution is 2.42. The number of pyridine rings is 1. The maximum absolute atomic E-state index is 9.15. The zero-order valence-electron chi connectivity index (χ0n) is 25.7. The Kier molecular flexibility index (Phi) is 5.65. The highest BCUT2D eigenvalue weighted by Gasteiger charge is 2.25. The molecule has 2 nitrogen and oxygen atoms in total. The molecule has 5 aromatic rings. The average Bonchev–Trinajstić information content (AvgIpc) is 3.21. The van der Waals surface area contributed by atoms with Crippen molar-refractivity contribution >= 4 is 21.9 Å². The fourth-order valence-corrected chi connectivity index (χ4v) is 5.35. The van der Waals surface area contributed by atoms with Crippen molar-refractivity contribution < 1.29 is 11.7 Å². The van der Waals surface area contributed by atoms with Gasteiger partial charge in [-0.1, -0.05) is 90.9 Å². The number of para-hydroxylation sites is 1. The first-order chi connectivity index (χ1) is 18.1. The number of benzene rings is 3. The molecule has 0 unspecified atom stereocenters. The summed E-state index contributed by atoms with van der Waals surface area (Å²) >= 11 is 0. The van der Waals surface area contributed by atoms with Crippen LogP contribution in [0, 0.1) is 6.92 Å². The molecule has 0 aliphatic carbocycles. The molecule has 5 rings (SSSR count). The second kappa shape index (κ2) is 9.17. The minimum absolute atomic E-state index is 0.0964. The second-order valence-corrected chi connectivity index (χ2v) is 11.8. The number of nitrogens with zero attached hydrogens (tertiary/aromatic N) is 1. The van der Waals surface area contributed by atoms with Crippen molar-refractivity contribution in [1.29, 1.82) is 0 Å². The fraction of sp³-hybridized carbons (Fsp3) is 0.343. The first-order valence-electron chi connectivity index (χ1n) is 14.2. The highest BCUT2D eigenvalue weighted by atomic mass is 16.3. The van der Waals surface area contributed by atoms with Crippen LogP contribution >= 0.6 is 0 Å². The summed E-state index contributed by atoms with van der Waals surface area (Å²) in [5, 5.41) is 2.22. The van der Waals surface area contributed by atoms with Gasteiger partial charge in [0.1, 0.15) is 18.2 Å². The SMILES string of the molecule is [2H]C(C)(C)c1cc(C(C)(C)C)cc(C([2H])(C)C)c1-c1cc[n+](C)c(-c2c(C)ccc3c2oc2ccccc23)c1. The van der Waals surface area contributed by atoms with Crippen LogP contribution < -0.4 is 4.57 Å². The van der Waals surface area contributed by atoms with Gasteiger partial charge in [0.25, 0.3) is 0 Å². The van der Waals surface area contributed by atoms with E-state index in [1.165, 1.54) is 0 Å². The number of furan rings is 1. The molecule has 37 heavy (non-hydrogen) atoms. The summed E-state index contributed by atoms with van der Waals surface area (Å²) in [6.45, 7) is 16.5. The molecule has 0 radical (unpaired) electrons. The number of rotatable bonds is 4. The molecular formula is C35H40NO+. The van der Waals surface area contributed by atoms with Gasteiger partial charge in [-0.05, 0) is 63.6 Å². The predicted molar refractivity (Wildman–Crippen MR) is 157 cm³/mol. The molecule has 2 heterocycles. The Balaban J connectivity index is 1.86. The van der Waals surface area contributed by atoms with E-state index < -0.39 is 11.8 Å². The molecule has 0 fully saturated rings. The first-order valence-corrected chi connectivity index (χ1v) is 13.2. The van der Waals surface area contributed by atoms with Crippen molar-refractivity contribution in [3.63, 3.8) is 0 Å². The minimum Gasteiger partial charge on any atom is -0.455 e. The van der Waals surface area contributed by atoms with E-state index in [9.17, 15) is 0 Å². The van der Waals surface area contributed by atoms with Gasteiger partial charge in [-0.2, -0.15) is 0 Å². The summed E-state index contributed by atoms with van der Waals surface area (Å²) in [5.74, 6) is -1.69. The fourth-order valence-electron chi connectivity index (χ4n) is 5.35. The molecule has 0 atom stereocenters. The Bertz CT molecular complexity index is 1690. The molecule has 0 aliphatic rings. The van der Waals surface area contributed by atoms with E-state index >= 15 is 0 Å². The van der Waals surface area contributed by atoms with E-state index in [0.717, 1.165) is 66.6 Å². The van der Waals surface area contributed by atoms with Gasteiger partial charge in [0, 0.05) is 25.6 Å². The molecule has 0 bridgehead atoms. The third kappa shape index (κ3) is 4.37. The average molecular weight is 493 g/mol. The van der Waals surface area contributed by atoms with Crippen molar-refractivity contribution in [1.82, 2.24) is 0 Å². The maximum atomic E-state index is 9.15. The van der Waals surface area contributed by atoms with Crippen LogP contribution in [0.3, 0.4) is 0 Å². The van der Waals surface area contributed by atoms with Gasteiger partial charge in [0.05, 0.1) is 5.56 Å². The lowest BCUT2D eigenvalue weighted by molar-refractivity contribution is -0.660. The van der Waals surface area contributed by atoms with Crippen LogP contribution in [0.4, 0.5) is 0 Å². The van der Waals surface area contributed by atoms with Gasteiger partial charge in [0.2, 0.25) is 5.69 Å². The number of hydrogen-bond donors (Lipinski definition) is 0. The van der Waals surface area contributed by atoms with Crippen LogP contribution in [-0.4, -0.2) is 0 Å². The van der Waals surface area contributed by atoms with Gasteiger partial charge < -0.3 is 4.42 Å². The van der Waals surface area contributed by atoms with E-state index in [-0.39, 0.29) is 5.41 Å². The Labute approximate surface area is 224 Å². The monoisotopic (exact) mass is 492 g/mol. The summed E-state index contributed by atoms with van der Waals surface area (Å²) in [5.41, 5.74) is 9.96. The molecule has 2 aromatic heterocycles. The van der Waals surface area contributed by atoms with Crippen LogP contribution in [0.25, 0.3) is 44.3 Å². The number of aryl methyl sites for hydroxylation is 2. The lowest BCUT2D eigenvalue weighted by Crippen LogP contribution is -2.30. The third-order valence-electron chi connectivity index (χ3n) is 7.53. The number of aromatic nitrogens is 1. The summed E-state index contributed by atoms with van der Waals surface area (Å²) in [6.07, 6.45) is 2.09. The van der Waals surface area contributed by atoms with Crippen molar-refractivity contribution in [2.45, 2.75) is 72.6 Å². The molecule has 190 valence electrons. The predicted octanol–water partition coefficient (Wildman–Crippen LogP) is 9.60. The molecule has 0 N–H and O–H groups in total. The van der Waals surface area contributed by atoms with Crippen LogP contribution in [-0.2, 0) is 12.5 Å². The molecule has 0 spiro atoms. The van der Waals surface area contributed by atoms with Gasteiger partial charge in [-0.15, -0.1) is 0 Å². The van der Waals surface area contributed by atoms with E-state index in [0.29, 0.717) is 0 Å². The molecule has 3 aromatic carbocycles. The van der Waals surface area contributed by atoms with Gasteiger partial charge in [-0.3, -0.25) is 0 Å². The highest BCUT2D eigenvalue weighted by molar-refractivity contribution is 6.09. The van der Waals surface area contributed by atoms with Gasteiger partial charge >= 0.3 is 0 Å². The smallest absolute Gasteiger partial charge is 0.216 e. The van der Waals surface area contributed by atoms with Gasteiger partial charge in [0.15, 0.2) is 6.20 Å². The summed E-state index contributed by atoms with van der Waals surface area (Å²) in [6, 6.07) is 21.2. The topological polar surface area (TPSA) is 17.0 Å². The zero-order chi connectivity index (χ0) is 28.5. The first kappa shape index (κ1) is 22.8. The number of fused-ring (bicyclic) bond motifs is 3. The maximum Gasteiger partial charge on any atom is 0.216 e. The summed E-state index contributed by atoms with van der Waals surface area (Å²) in [7, 11) is 2.06. The van der Waals surface area contributed by atoms with Crippen molar-refractivity contribution in [3.05, 3.63) is 89.1 Å². The molecule has 0 aliphatic heterocycles. The zero-order valence-corrected chi connectivity index (χ0v) is 23.7. The van der Waals surface area contributed by atoms with Crippen LogP contribution in [0.2, 0.25) is 0 Å². The standard InChI is InChI=1S/C35H40NO/c1-21(2)28-19-25(35(6,7)8)20-29(22(3)4)33(28)24-16-17-36(9)30(18-24)32-23(5)14-15-27-26-12-10-11-13-31(26)37-34(27)32/h10-22H,1-9H3/q+1/i21D,22D. The quantitative estimate of drug-likeness (QED) is 0.228. The minimum atomic E-state index is -0.844. The van der Waals surface area contributed by atoms with Gasteiger partial charge in [-0.25, -0.2) is 4.57 Å². The molecular weight excluding hydrogens is 450 g/mol. The largest absolute Gasteiger partial charge is 0.455 e. The summed E-state index contributed by atoms with van der Waals surface area (Å²) < 4.78 is 26.9. The van der Waals surface area contributed by atoms with Crippen LogP contribution in [0.1, 0.15) is 85.2 Å². The third-order valence-corrected chi connectivity index (χ3v) is 7.53. The lowest BCUT2D eigenvalue weighted by Gasteiger charge is -2.27. The lowest BCUT2D eigenvalue weighted by atomic mass is 9.78. The Morgan fingerprint density at radius 3 is 2.08 bits per heavy atom. The van der Waals surface area contributed by atoms with Crippen molar-refractivity contribution in [2.75, 3.05) is 0 Å². The molecule has 0 saturated heterocycles. The molecule has 2 heteroatoms. The van der Waals surface area contributed by atoms with E-state index in [1.54, 1.807) is 0 Å². The van der Waals surface area contributed by atoms with Crippen LogP contribution in [0.5, 0.6) is 0 Å². The molecule has 0 saturated carbocycles. The normalized spacial score (nSPS) is 13.8. The summed E-state index contributed by atoms with van der Waals surface area (Å²) in [4.78, 5) is 0. The Morgan fingerprint density at radius 1 is 0.811 bits per heavy atom. The Morgan fingerprint density at radius 2 is 1.46 bits per heavy atom. The van der Waals surface area contributed by atoms with E-state index in [2.05, 4.69) is 88.0 Å². The molecule has 0 amide bonds. The van der Waals surface area contributed by atoms with E-state index in [1.807, 2.05) is 45.9 Å². The Hall–Kier alpha value is -3.39. The van der Waals surface area contributed by atoms with Crippen LogP contribution in [0.15, 0.2) is 71.3 Å². The number of hydrogen-bond acceptors (Lipinski definition) is 1. The van der Waals surface area contributed by atoms with Crippen molar-refractivity contribution in [3.8, 4) is 22.4 Å². The van der Waals surface area contributed by atoms with E-state index in [4.69, 9.17) is 7.16 Å². The second-order valence-electron chi connectivity index (χ2n) is 11.8. The van der Waals surface area contributed by atoms with Crippen molar-refractivity contribution in [2.24, 2.45) is 7.05 Å².